The molecule has 1 aliphatic rings. The van der Waals surface area contributed by atoms with Crippen LogP contribution >= 0.6 is 0 Å². The standard InChI is InChI=1S/C19H19FN2O2/c1-13-2-4-14(5-3-13)11-22-12-15(10-18(22)23)19(24)21-17-8-6-16(20)7-9-17/h2-9,15H,10-12H2,1H3,(H,21,24)/t15-/m0/s1. The summed E-state index contributed by atoms with van der Waals surface area (Å²) in [5.41, 5.74) is 2.75. The Bertz CT molecular complexity index is 741. The van der Waals surface area contributed by atoms with Crippen molar-refractivity contribution in [3.05, 3.63) is 65.5 Å². The second kappa shape index (κ2) is 6.83. The number of anilines is 1. The first-order valence-electron chi connectivity index (χ1n) is 7.91. The van der Waals surface area contributed by atoms with E-state index in [4.69, 9.17) is 0 Å². The normalized spacial score (nSPS) is 17.2. The van der Waals surface area contributed by atoms with Crippen molar-refractivity contribution in [3.8, 4) is 0 Å². The Morgan fingerprint density at radius 2 is 1.83 bits per heavy atom. The maximum Gasteiger partial charge on any atom is 0.229 e. The van der Waals surface area contributed by atoms with Gasteiger partial charge in [-0.25, -0.2) is 4.39 Å². The zero-order valence-corrected chi connectivity index (χ0v) is 13.5. The van der Waals surface area contributed by atoms with Crippen LogP contribution in [0.5, 0.6) is 0 Å². The molecule has 1 fully saturated rings. The van der Waals surface area contributed by atoms with Crippen molar-refractivity contribution < 1.29 is 14.0 Å². The van der Waals surface area contributed by atoms with E-state index in [0.29, 0.717) is 18.8 Å². The highest BCUT2D eigenvalue weighted by molar-refractivity contribution is 5.97. The first-order valence-corrected chi connectivity index (χ1v) is 7.91. The number of amides is 2. The van der Waals surface area contributed by atoms with Crippen molar-refractivity contribution >= 4 is 17.5 Å². The largest absolute Gasteiger partial charge is 0.338 e. The van der Waals surface area contributed by atoms with Crippen LogP contribution in [0.3, 0.4) is 0 Å². The average Bonchev–Trinajstić information content (AvgIpc) is 2.93. The number of hydrogen-bond donors (Lipinski definition) is 1. The van der Waals surface area contributed by atoms with Crippen LogP contribution in [-0.2, 0) is 16.1 Å². The van der Waals surface area contributed by atoms with Crippen molar-refractivity contribution in [3.63, 3.8) is 0 Å². The molecule has 0 saturated carbocycles. The molecule has 24 heavy (non-hydrogen) atoms. The number of benzene rings is 2. The van der Waals surface area contributed by atoms with Crippen molar-refractivity contribution in [2.45, 2.75) is 19.9 Å². The molecule has 0 radical (unpaired) electrons. The molecular weight excluding hydrogens is 307 g/mol. The van der Waals surface area contributed by atoms with Crippen LogP contribution < -0.4 is 5.32 Å². The lowest BCUT2D eigenvalue weighted by Crippen LogP contribution is -2.28. The Balaban J connectivity index is 1.60. The van der Waals surface area contributed by atoms with E-state index in [2.05, 4.69) is 5.32 Å². The highest BCUT2D eigenvalue weighted by atomic mass is 19.1. The number of aryl methyl sites for hydroxylation is 1. The third kappa shape index (κ3) is 3.79. The number of likely N-dealkylation sites (tertiary alicyclic amines) is 1. The van der Waals surface area contributed by atoms with Gasteiger partial charge in [-0.2, -0.15) is 0 Å². The van der Waals surface area contributed by atoms with Crippen molar-refractivity contribution in [2.24, 2.45) is 5.92 Å². The Labute approximate surface area is 140 Å². The zero-order valence-electron chi connectivity index (χ0n) is 13.5. The molecule has 0 spiro atoms. The molecule has 1 aliphatic heterocycles. The second-order valence-electron chi connectivity index (χ2n) is 6.16. The van der Waals surface area contributed by atoms with Gasteiger partial charge in [0.1, 0.15) is 5.82 Å². The third-order valence-electron chi connectivity index (χ3n) is 4.19. The average molecular weight is 326 g/mol. The fraction of sp³-hybridized carbons (Fsp3) is 0.263. The quantitative estimate of drug-likeness (QED) is 0.938. The van der Waals surface area contributed by atoms with Gasteiger partial charge >= 0.3 is 0 Å². The molecule has 0 bridgehead atoms. The summed E-state index contributed by atoms with van der Waals surface area (Å²) in [7, 11) is 0. The van der Waals surface area contributed by atoms with Gasteiger partial charge in [0, 0.05) is 25.2 Å². The molecule has 2 aromatic rings. The lowest BCUT2D eigenvalue weighted by Gasteiger charge is -2.17. The van der Waals surface area contributed by atoms with E-state index in [1.54, 1.807) is 4.90 Å². The van der Waals surface area contributed by atoms with Crippen LogP contribution in [0.2, 0.25) is 0 Å². The molecule has 2 aromatic carbocycles. The maximum atomic E-state index is 12.9. The Morgan fingerprint density at radius 1 is 1.17 bits per heavy atom. The highest BCUT2D eigenvalue weighted by Gasteiger charge is 2.34. The van der Waals surface area contributed by atoms with Gasteiger partial charge in [-0.3, -0.25) is 9.59 Å². The zero-order chi connectivity index (χ0) is 17.1. The van der Waals surface area contributed by atoms with E-state index in [9.17, 15) is 14.0 Å². The third-order valence-corrected chi connectivity index (χ3v) is 4.19. The predicted octanol–water partition coefficient (Wildman–Crippen LogP) is 3.12. The van der Waals surface area contributed by atoms with Gasteiger partial charge in [-0.15, -0.1) is 0 Å². The fourth-order valence-corrected chi connectivity index (χ4v) is 2.79. The van der Waals surface area contributed by atoms with E-state index in [0.717, 1.165) is 5.56 Å². The number of carbonyl (C=O) groups excluding carboxylic acids is 2. The molecular formula is C19H19FN2O2. The maximum absolute atomic E-state index is 12.9. The number of halogens is 1. The monoisotopic (exact) mass is 326 g/mol. The summed E-state index contributed by atoms with van der Waals surface area (Å²) in [6, 6.07) is 13.6. The van der Waals surface area contributed by atoms with E-state index in [1.807, 2.05) is 31.2 Å². The fourth-order valence-electron chi connectivity index (χ4n) is 2.79. The molecule has 1 atom stereocenters. The summed E-state index contributed by atoms with van der Waals surface area (Å²) in [4.78, 5) is 26.2. The summed E-state index contributed by atoms with van der Waals surface area (Å²) in [6.07, 6.45) is 0.207. The minimum absolute atomic E-state index is 0.0187. The van der Waals surface area contributed by atoms with Crippen molar-refractivity contribution in [1.29, 1.82) is 0 Å². The lowest BCUT2D eigenvalue weighted by atomic mass is 10.1. The number of carbonyl (C=O) groups is 2. The van der Waals surface area contributed by atoms with Crippen LogP contribution in [0.1, 0.15) is 17.5 Å². The van der Waals surface area contributed by atoms with Gasteiger partial charge in [0.25, 0.3) is 0 Å². The summed E-state index contributed by atoms with van der Waals surface area (Å²) in [5, 5.41) is 2.74. The molecule has 1 saturated heterocycles. The van der Waals surface area contributed by atoms with Gasteiger partial charge in [-0.1, -0.05) is 29.8 Å². The Kier molecular flexibility index (Phi) is 4.60. The SMILES string of the molecule is Cc1ccc(CN2C[C@@H](C(=O)Nc3ccc(F)cc3)CC2=O)cc1. The molecule has 1 heterocycles. The summed E-state index contributed by atoms with van der Waals surface area (Å²) in [5.74, 6) is -0.961. The Morgan fingerprint density at radius 3 is 2.50 bits per heavy atom. The van der Waals surface area contributed by atoms with Gasteiger partial charge in [0.15, 0.2) is 0 Å². The second-order valence-corrected chi connectivity index (χ2v) is 6.16. The summed E-state index contributed by atoms with van der Waals surface area (Å²) in [6.45, 7) is 2.93. The number of nitrogens with zero attached hydrogens (tertiary/aromatic N) is 1. The molecule has 4 nitrogen and oxygen atoms in total. The van der Waals surface area contributed by atoms with E-state index < -0.39 is 0 Å². The van der Waals surface area contributed by atoms with E-state index in [-0.39, 0.29) is 30.0 Å². The topological polar surface area (TPSA) is 49.4 Å². The Hall–Kier alpha value is -2.69. The minimum Gasteiger partial charge on any atom is -0.338 e. The van der Waals surface area contributed by atoms with E-state index in [1.165, 1.54) is 29.8 Å². The highest BCUT2D eigenvalue weighted by Crippen LogP contribution is 2.22. The van der Waals surface area contributed by atoms with Crippen LogP contribution in [0.25, 0.3) is 0 Å². The molecule has 0 unspecified atom stereocenters. The minimum atomic E-state index is -0.381. The molecule has 0 aromatic heterocycles. The number of hydrogen-bond acceptors (Lipinski definition) is 2. The number of rotatable bonds is 4. The molecule has 1 N–H and O–H groups in total. The van der Waals surface area contributed by atoms with E-state index >= 15 is 0 Å². The van der Waals surface area contributed by atoms with Crippen LogP contribution in [-0.4, -0.2) is 23.3 Å². The van der Waals surface area contributed by atoms with Gasteiger partial charge in [0.05, 0.1) is 5.92 Å². The lowest BCUT2D eigenvalue weighted by molar-refractivity contribution is -0.128. The van der Waals surface area contributed by atoms with Gasteiger partial charge in [-0.05, 0) is 36.8 Å². The van der Waals surface area contributed by atoms with Crippen LogP contribution in [0, 0.1) is 18.7 Å². The predicted molar refractivity (Wildman–Crippen MR) is 89.7 cm³/mol. The van der Waals surface area contributed by atoms with Crippen LogP contribution in [0.15, 0.2) is 48.5 Å². The van der Waals surface area contributed by atoms with Crippen LogP contribution in [0.4, 0.5) is 10.1 Å². The first kappa shape index (κ1) is 16.2. The summed E-state index contributed by atoms with van der Waals surface area (Å²) >= 11 is 0. The molecule has 0 aliphatic carbocycles. The summed E-state index contributed by atoms with van der Waals surface area (Å²) < 4.78 is 12.9. The first-order chi connectivity index (χ1) is 11.5. The van der Waals surface area contributed by atoms with Crippen molar-refractivity contribution in [2.75, 3.05) is 11.9 Å². The smallest absolute Gasteiger partial charge is 0.229 e. The molecule has 2 amide bonds. The molecule has 3 rings (SSSR count). The van der Waals surface area contributed by atoms with Crippen molar-refractivity contribution in [1.82, 2.24) is 4.90 Å². The molecule has 124 valence electrons. The molecule has 5 heteroatoms. The number of nitrogens with one attached hydrogen (secondary N) is 1. The van der Waals surface area contributed by atoms with Gasteiger partial charge < -0.3 is 10.2 Å². The van der Waals surface area contributed by atoms with Gasteiger partial charge in [0.2, 0.25) is 11.8 Å².